The summed E-state index contributed by atoms with van der Waals surface area (Å²) in [4.78, 5) is 11.8. The van der Waals surface area contributed by atoms with Gasteiger partial charge in [-0.2, -0.15) is 5.10 Å². The highest BCUT2D eigenvalue weighted by Crippen LogP contribution is 2.08. The van der Waals surface area contributed by atoms with Crippen molar-refractivity contribution >= 4 is 5.78 Å². The molecule has 0 fully saturated rings. The summed E-state index contributed by atoms with van der Waals surface area (Å²) in [6, 6.07) is 1.29. The molecule has 0 aliphatic rings. The van der Waals surface area contributed by atoms with Gasteiger partial charge in [0.1, 0.15) is 5.69 Å². The van der Waals surface area contributed by atoms with Crippen LogP contribution in [0.2, 0.25) is 0 Å². The number of nitrogens with two attached hydrogens (primary N) is 1. The number of rotatable bonds is 4. The van der Waals surface area contributed by atoms with Crippen LogP contribution in [0.5, 0.6) is 0 Å². The summed E-state index contributed by atoms with van der Waals surface area (Å²) in [5, 5.41) is 3.94. The highest BCUT2D eigenvalue weighted by molar-refractivity contribution is 5.98. The molecular weight excluding hydrogens is 178 g/mol. The van der Waals surface area contributed by atoms with E-state index in [0.29, 0.717) is 18.0 Å². The van der Waals surface area contributed by atoms with Gasteiger partial charge >= 0.3 is 0 Å². The molecule has 1 heterocycles. The quantitative estimate of drug-likeness (QED) is 0.728. The third-order valence-corrected chi connectivity index (χ3v) is 2.14. The minimum absolute atomic E-state index is 0.0290. The van der Waals surface area contributed by atoms with Crippen molar-refractivity contribution in [2.75, 3.05) is 0 Å². The lowest BCUT2D eigenvalue weighted by Crippen LogP contribution is -2.33. The molecule has 1 atom stereocenters. The van der Waals surface area contributed by atoms with E-state index in [4.69, 9.17) is 5.73 Å². The predicted octanol–water partition coefficient (Wildman–Crippen LogP) is 0.976. The first-order valence-electron chi connectivity index (χ1n) is 4.80. The molecule has 1 rings (SSSR count). The van der Waals surface area contributed by atoms with Crippen LogP contribution in [-0.2, 0) is 7.05 Å². The van der Waals surface area contributed by atoms with Gasteiger partial charge in [0.05, 0.1) is 6.04 Å². The molecule has 4 heteroatoms. The lowest BCUT2D eigenvalue weighted by molar-refractivity contribution is 0.0941. The zero-order valence-electron chi connectivity index (χ0n) is 8.90. The van der Waals surface area contributed by atoms with Crippen molar-refractivity contribution in [1.29, 1.82) is 0 Å². The van der Waals surface area contributed by atoms with E-state index < -0.39 is 6.04 Å². The number of carbonyl (C=O) groups excluding carboxylic acids is 1. The maximum Gasteiger partial charge on any atom is 0.197 e. The summed E-state index contributed by atoms with van der Waals surface area (Å²) in [6.07, 6.45) is 2.32. The van der Waals surface area contributed by atoms with Gasteiger partial charge in [0.15, 0.2) is 5.78 Å². The molecule has 14 heavy (non-hydrogen) atoms. The molecule has 4 nitrogen and oxygen atoms in total. The van der Waals surface area contributed by atoms with Crippen LogP contribution < -0.4 is 5.73 Å². The molecule has 0 saturated heterocycles. The average Bonchev–Trinajstić information content (AvgIpc) is 2.48. The number of nitrogens with zero attached hydrogens (tertiary/aromatic N) is 2. The second-order valence-electron chi connectivity index (χ2n) is 3.94. The van der Waals surface area contributed by atoms with E-state index in [1.165, 1.54) is 0 Å². The van der Waals surface area contributed by atoms with E-state index in [-0.39, 0.29) is 5.78 Å². The second kappa shape index (κ2) is 4.37. The third-order valence-electron chi connectivity index (χ3n) is 2.14. The molecule has 0 spiro atoms. The number of Topliss-reactive ketones (excluding diaryl/α,β-unsaturated/α-hetero) is 1. The van der Waals surface area contributed by atoms with Gasteiger partial charge in [0.25, 0.3) is 0 Å². The Labute approximate surface area is 84.1 Å². The molecule has 1 unspecified atom stereocenters. The Morgan fingerprint density at radius 2 is 2.29 bits per heavy atom. The van der Waals surface area contributed by atoms with Crippen LogP contribution in [0.25, 0.3) is 0 Å². The zero-order valence-corrected chi connectivity index (χ0v) is 8.90. The first kappa shape index (κ1) is 10.9. The Balaban J connectivity index is 2.71. The highest BCUT2D eigenvalue weighted by Gasteiger charge is 2.19. The van der Waals surface area contributed by atoms with Crippen molar-refractivity contribution in [2.45, 2.75) is 26.3 Å². The lowest BCUT2D eigenvalue weighted by atomic mass is 9.99. The number of hydrogen-bond acceptors (Lipinski definition) is 3. The maximum atomic E-state index is 11.8. The minimum Gasteiger partial charge on any atom is -0.321 e. The van der Waals surface area contributed by atoms with Crippen LogP contribution in [0.3, 0.4) is 0 Å². The van der Waals surface area contributed by atoms with Crippen LogP contribution in [0.4, 0.5) is 0 Å². The van der Waals surface area contributed by atoms with E-state index in [0.717, 1.165) is 0 Å². The van der Waals surface area contributed by atoms with Crippen LogP contribution >= 0.6 is 0 Å². The Hall–Kier alpha value is -1.16. The van der Waals surface area contributed by atoms with Gasteiger partial charge in [-0.15, -0.1) is 0 Å². The number of carbonyl (C=O) groups is 1. The molecular formula is C10H17N3O. The van der Waals surface area contributed by atoms with Crippen LogP contribution in [-0.4, -0.2) is 21.6 Å². The molecule has 78 valence electrons. The summed E-state index contributed by atoms with van der Waals surface area (Å²) in [5.41, 5.74) is 6.37. The minimum atomic E-state index is -0.412. The van der Waals surface area contributed by atoms with Gasteiger partial charge in [-0.3, -0.25) is 9.48 Å². The first-order valence-corrected chi connectivity index (χ1v) is 4.80. The molecule has 2 N–H and O–H groups in total. The number of aryl methyl sites for hydroxylation is 1. The normalized spacial score (nSPS) is 13.2. The van der Waals surface area contributed by atoms with Crippen LogP contribution in [0.15, 0.2) is 12.3 Å². The Kier molecular flexibility index (Phi) is 3.41. The van der Waals surface area contributed by atoms with Crippen LogP contribution in [0.1, 0.15) is 30.8 Å². The summed E-state index contributed by atoms with van der Waals surface area (Å²) >= 11 is 0. The summed E-state index contributed by atoms with van der Waals surface area (Å²) in [6.45, 7) is 4.10. The lowest BCUT2D eigenvalue weighted by Gasteiger charge is -2.12. The fourth-order valence-electron chi connectivity index (χ4n) is 1.42. The largest absolute Gasteiger partial charge is 0.321 e. The van der Waals surface area contributed by atoms with Gasteiger partial charge in [0, 0.05) is 13.2 Å². The maximum absolute atomic E-state index is 11.8. The summed E-state index contributed by atoms with van der Waals surface area (Å²) in [7, 11) is 1.75. The number of aromatic nitrogens is 2. The van der Waals surface area contributed by atoms with Gasteiger partial charge in [0.2, 0.25) is 0 Å². The van der Waals surface area contributed by atoms with Gasteiger partial charge in [-0.05, 0) is 18.4 Å². The molecule has 0 aliphatic carbocycles. The molecule has 0 amide bonds. The Morgan fingerprint density at radius 1 is 1.64 bits per heavy atom. The van der Waals surface area contributed by atoms with Crippen molar-refractivity contribution in [3.8, 4) is 0 Å². The Bertz CT molecular complexity index is 317. The van der Waals surface area contributed by atoms with E-state index >= 15 is 0 Å². The highest BCUT2D eigenvalue weighted by atomic mass is 16.1. The predicted molar refractivity (Wildman–Crippen MR) is 55.0 cm³/mol. The number of ketones is 1. The van der Waals surface area contributed by atoms with Crippen LogP contribution in [0, 0.1) is 5.92 Å². The van der Waals surface area contributed by atoms with Gasteiger partial charge in [-0.25, -0.2) is 0 Å². The smallest absolute Gasteiger partial charge is 0.197 e. The first-order chi connectivity index (χ1) is 6.52. The fourth-order valence-corrected chi connectivity index (χ4v) is 1.42. The van der Waals surface area contributed by atoms with Crippen molar-refractivity contribution in [1.82, 2.24) is 9.78 Å². The summed E-state index contributed by atoms with van der Waals surface area (Å²) in [5.74, 6) is 0.404. The molecule has 0 aliphatic heterocycles. The average molecular weight is 195 g/mol. The standard InChI is InChI=1S/C10H17N3O/c1-7(2)6-8(11)10(14)9-4-5-12-13(9)3/h4-5,7-8H,6,11H2,1-3H3. The van der Waals surface area contributed by atoms with E-state index in [2.05, 4.69) is 18.9 Å². The SMILES string of the molecule is CC(C)CC(N)C(=O)c1ccnn1C. The van der Waals surface area contributed by atoms with Crippen molar-refractivity contribution in [3.05, 3.63) is 18.0 Å². The van der Waals surface area contributed by atoms with E-state index in [9.17, 15) is 4.79 Å². The van der Waals surface area contributed by atoms with E-state index in [1.807, 2.05) is 0 Å². The van der Waals surface area contributed by atoms with Crippen molar-refractivity contribution in [2.24, 2.45) is 18.7 Å². The van der Waals surface area contributed by atoms with Crippen molar-refractivity contribution in [3.63, 3.8) is 0 Å². The van der Waals surface area contributed by atoms with Gasteiger partial charge < -0.3 is 5.73 Å². The zero-order chi connectivity index (χ0) is 10.7. The molecule has 0 saturated carbocycles. The third kappa shape index (κ3) is 2.42. The molecule has 0 radical (unpaired) electrons. The van der Waals surface area contributed by atoms with Crippen molar-refractivity contribution < 1.29 is 4.79 Å². The second-order valence-corrected chi connectivity index (χ2v) is 3.94. The monoisotopic (exact) mass is 195 g/mol. The summed E-state index contributed by atoms with van der Waals surface area (Å²) < 4.78 is 1.56. The molecule has 0 aromatic carbocycles. The molecule has 0 bridgehead atoms. The topological polar surface area (TPSA) is 60.9 Å². The van der Waals surface area contributed by atoms with E-state index in [1.54, 1.807) is 24.0 Å². The number of hydrogen-bond donors (Lipinski definition) is 1. The molecule has 1 aromatic heterocycles. The Morgan fingerprint density at radius 3 is 2.71 bits per heavy atom. The van der Waals surface area contributed by atoms with Gasteiger partial charge in [-0.1, -0.05) is 13.8 Å². The fraction of sp³-hybridized carbons (Fsp3) is 0.600. The molecule has 1 aromatic rings.